The van der Waals surface area contributed by atoms with Gasteiger partial charge in [0, 0.05) is 35.3 Å². The summed E-state index contributed by atoms with van der Waals surface area (Å²) >= 11 is 12.5. The van der Waals surface area contributed by atoms with Crippen LogP contribution in [-0.2, 0) is 4.74 Å². The molecule has 0 spiro atoms. The van der Waals surface area contributed by atoms with Gasteiger partial charge in [0.2, 0.25) is 0 Å². The van der Waals surface area contributed by atoms with E-state index in [1.807, 2.05) is 25.1 Å². The minimum atomic E-state index is 0.0201. The molecule has 0 aliphatic carbocycles. The number of benzene rings is 1. The van der Waals surface area contributed by atoms with Crippen LogP contribution in [0.5, 0.6) is 0 Å². The Morgan fingerprint density at radius 1 is 1.26 bits per heavy atom. The number of hydrogen-bond donors (Lipinski definition) is 1. The third-order valence-electron chi connectivity index (χ3n) is 3.13. The van der Waals surface area contributed by atoms with E-state index in [2.05, 4.69) is 11.8 Å². The minimum Gasteiger partial charge on any atom is -0.380 e. The van der Waals surface area contributed by atoms with Crippen LogP contribution in [0.1, 0.15) is 25.5 Å². The number of halogens is 2. The molecule has 0 aliphatic rings. The molecule has 108 valence electrons. The van der Waals surface area contributed by atoms with Crippen LogP contribution in [0.4, 0.5) is 0 Å². The predicted molar refractivity (Wildman–Crippen MR) is 82.0 cm³/mol. The number of nitrogens with zero attached hydrogens (tertiary/aromatic N) is 1. The SMILES string of the molecule is CCOCCN(CC)C(CN)c1c(Cl)cccc1Cl. The van der Waals surface area contributed by atoms with E-state index >= 15 is 0 Å². The maximum Gasteiger partial charge on any atom is 0.0593 e. The van der Waals surface area contributed by atoms with E-state index in [1.54, 1.807) is 0 Å². The van der Waals surface area contributed by atoms with Gasteiger partial charge in [-0.1, -0.05) is 36.2 Å². The smallest absolute Gasteiger partial charge is 0.0593 e. The van der Waals surface area contributed by atoms with Gasteiger partial charge in [-0.3, -0.25) is 4.90 Å². The Labute approximate surface area is 125 Å². The lowest BCUT2D eigenvalue weighted by molar-refractivity contribution is 0.0981. The molecule has 1 rings (SSSR count). The van der Waals surface area contributed by atoms with Crippen LogP contribution in [0, 0.1) is 0 Å². The molecule has 0 radical (unpaired) electrons. The summed E-state index contributed by atoms with van der Waals surface area (Å²) in [6.45, 7) is 7.65. The molecular weight excluding hydrogens is 283 g/mol. The highest BCUT2D eigenvalue weighted by Crippen LogP contribution is 2.32. The maximum atomic E-state index is 6.27. The Bertz CT molecular complexity index is 367. The van der Waals surface area contributed by atoms with Crippen molar-refractivity contribution in [2.24, 2.45) is 5.73 Å². The summed E-state index contributed by atoms with van der Waals surface area (Å²) in [5, 5.41) is 1.33. The van der Waals surface area contributed by atoms with Gasteiger partial charge in [-0.05, 0) is 25.6 Å². The molecule has 1 unspecified atom stereocenters. The number of likely N-dealkylation sites (N-methyl/N-ethyl adjacent to an activating group) is 1. The van der Waals surface area contributed by atoms with Crippen LogP contribution in [0.25, 0.3) is 0 Å². The first-order valence-electron chi connectivity index (χ1n) is 6.61. The Morgan fingerprint density at radius 3 is 2.37 bits per heavy atom. The fraction of sp³-hybridized carbons (Fsp3) is 0.571. The topological polar surface area (TPSA) is 38.5 Å². The van der Waals surface area contributed by atoms with Crippen molar-refractivity contribution in [3.8, 4) is 0 Å². The van der Waals surface area contributed by atoms with Crippen LogP contribution < -0.4 is 5.73 Å². The van der Waals surface area contributed by atoms with Crippen molar-refractivity contribution >= 4 is 23.2 Å². The quantitative estimate of drug-likeness (QED) is 0.749. The number of nitrogens with two attached hydrogens (primary N) is 1. The van der Waals surface area contributed by atoms with Gasteiger partial charge in [0.15, 0.2) is 0 Å². The first-order valence-corrected chi connectivity index (χ1v) is 7.37. The Morgan fingerprint density at radius 2 is 1.89 bits per heavy atom. The normalized spacial score (nSPS) is 12.9. The van der Waals surface area contributed by atoms with Crippen LogP contribution >= 0.6 is 23.2 Å². The van der Waals surface area contributed by atoms with Gasteiger partial charge in [-0.15, -0.1) is 0 Å². The molecule has 5 heteroatoms. The van der Waals surface area contributed by atoms with E-state index in [0.717, 1.165) is 25.3 Å². The lowest BCUT2D eigenvalue weighted by Crippen LogP contribution is -2.36. The molecule has 0 fully saturated rings. The molecule has 3 nitrogen and oxygen atoms in total. The first-order chi connectivity index (χ1) is 9.15. The molecule has 19 heavy (non-hydrogen) atoms. The summed E-state index contributed by atoms with van der Waals surface area (Å²) in [4.78, 5) is 2.24. The van der Waals surface area contributed by atoms with Crippen LogP contribution in [0.2, 0.25) is 10.0 Å². The van der Waals surface area contributed by atoms with Gasteiger partial charge in [0.25, 0.3) is 0 Å². The average molecular weight is 305 g/mol. The number of rotatable bonds is 8. The minimum absolute atomic E-state index is 0.0201. The molecular formula is C14H22Cl2N2O. The van der Waals surface area contributed by atoms with E-state index < -0.39 is 0 Å². The standard InChI is InChI=1S/C14H22Cl2N2O/c1-3-18(8-9-19-4-2)13(10-17)14-11(15)6-5-7-12(14)16/h5-7,13H,3-4,8-10,17H2,1-2H3. The summed E-state index contributed by atoms with van der Waals surface area (Å²) in [5.74, 6) is 0. The van der Waals surface area contributed by atoms with Crippen molar-refractivity contribution in [3.63, 3.8) is 0 Å². The van der Waals surface area contributed by atoms with Gasteiger partial charge in [0.05, 0.1) is 12.6 Å². The zero-order valence-electron chi connectivity index (χ0n) is 11.5. The Balaban J connectivity index is 2.90. The fourth-order valence-electron chi connectivity index (χ4n) is 2.14. The van der Waals surface area contributed by atoms with Gasteiger partial charge in [-0.25, -0.2) is 0 Å². The molecule has 0 bridgehead atoms. The van der Waals surface area contributed by atoms with Crippen LogP contribution in [-0.4, -0.2) is 37.7 Å². The number of ether oxygens (including phenoxy) is 1. The van der Waals surface area contributed by atoms with Gasteiger partial charge < -0.3 is 10.5 Å². The second kappa shape index (κ2) is 8.77. The molecule has 1 aromatic rings. The van der Waals surface area contributed by atoms with Crippen LogP contribution in [0.3, 0.4) is 0 Å². The van der Waals surface area contributed by atoms with E-state index in [0.29, 0.717) is 23.2 Å². The second-order valence-electron chi connectivity index (χ2n) is 4.21. The second-order valence-corrected chi connectivity index (χ2v) is 5.03. The zero-order chi connectivity index (χ0) is 14.3. The largest absolute Gasteiger partial charge is 0.380 e. The Hall–Kier alpha value is -0.320. The van der Waals surface area contributed by atoms with E-state index in [4.69, 9.17) is 33.7 Å². The molecule has 0 saturated carbocycles. The predicted octanol–water partition coefficient (Wildman–Crippen LogP) is 3.35. The molecule has 2 N–H and O–H groups in total. The molecule has 1 aromatic carbocycles. The Kier molecular flexibility index (Phi) is 7.73. The van der Waals surface area contributed by atoms with Crippen molar-refractivity contribution in [3.05, 3.63) is 33.8 Å². The molecule has 0 heterocycles. The monoisotopic (exact) mass is 304 g/mol. The highest BCUT2D eigenvalue weighted by molar-refractivity contribution is 6.36. The summed E-state index contributed by atoms with van der Waals surface area (Å²) < 4.78 is 5.41. The molecule has 0 amide bonds. The van der Waals surface area contributed by atoms with E-state index in [-0.39, 0.29) is 6.04 Å². The van der Waals surface area contributed by atoms with Crippen LogP contribution in [0.15, 0.2) is 18.2 Å². The first kappa shape index (κ1) is 16.7. The molecule has 0 saturated heterocycles. The van der Waals surface area contributed by atoms with E-state index in [1.165, 1.54) is 0 Å². The molecule has 1 atom stereocenters. The lowest BCUT2D eigenvalue weighted by atomic mass is 10.0. The van der Waals surface area contributed by atoms with Gasteiger partial charge >= 0.3 is 0 Å². The summed E-state index contributed by atoms with van der Waals surface area (Å²) in [6, 6.07) is 5.56. The highest BCUT2D eigenvalue weighted by atomic mass is 35.5. The van der Waals surface area contributed by atoms with Crippen molar-refractivity contribution in [2.45, 2.75) is 19.9 Å². The van der Waals surface area contributed by atoms with Crippen molar-refractivity contribution < 1.29 is 4.74 Å². The van der Waals surface area contributed by atoms with Gasteiger partial charge in [0.1, 0.15) is 0 Å². The third-order valence-corrected chi connectivity index (χ3v) is 3.79. The summed E-state index contributed by atoms with van der Waals surface area (Å²) in [7, 11) is 0. The van der Waals surface area contributed by atoms with Crippen molar-refractivity contribution in [2.75, 3.05) is 32.8 Å². The average Bonchev–Trinajstić information content (AvgIpc) is 2.40. The zero-order valence-corrected chi connectivity index (χ0v) is 13.0. The number of hydrogen-bond acceptors (Lipinski definition) is 3. The van der Waals surface area contributed by atoms with Gasteiger partial charge in [-0.2, -0.15) is 0 Å². The lowest BCUT2D eigenvalue weighted by Gasteiger charge is -2.31. The summed E-state index contributed by atoms with van der Waals surface area (Å²) in [5.41, 5.74) is 6.83. The summed E-state index contributed by atoms with van der Waals surface area (Å²) in [6.07, 6.45) is 0. The van der Waals surface area contributed by atoms with E-state index in [9.17, 15) is 0 Å². The fourth-order valence-corrected chi connectivity index (χ4v) is 2.79. The molecule has 0 aliphatic heterocycles. The molecule has 0 aromatic heterocycles. The maximum absolute atomic E-state index is 6.27. The van der Waals surface area contributed by atoms with Crippen molar-refractivity contribution in [1.29, 1.82) is 0 Å². The third kappa shape index (κ3) is 4.62. The highest BCUT2D eigenvalue weighted by Gasteiger charge is 2.22. The van der Waals surface area contributed by atoms with Crippen molar-refractivity contribution in [1.82, 2.24) is 4.90 Å².